The van der Waals surface area contributed by atoms with E-state index in [9.17, 15) is 0 Å². The highest BCUT2D eigenvalue weighted by Gasteiger charge is 2.05. The summed E-state index contributed by atoms with van der Waals surface area (Å²) in [7, 11) is 1.65. The maximum Gasteiger partial charge on any atom is 0.121 e. The molecule has 0 unspecified atom stereocenters. The van der Waals surface area contributed by atoms with Gasteiger partial charge in [-0.05, 0) is 31.5 Å². The molecule has 4 heteroatoms. The van der Waals surface area contributed by atoms with Gasteiger partial charge in [-0.2, -0.15) is 0 Å². The second kappa shape index (κ2) is 5.69. The third kappa shape index (κ3) is 2.71. The number of aromatic nitrogens is 1. The van der Waals surface area contributed by atoms with Crippen LogP contribution in [-0.2, 0) is 0 Å². The zero-order valence-corrected chi connectivity index (χ0v) is 10.7. The summed E-state index contributed by atoms with van der Waals surface area (Å²) in [5, 5.41) is 13.2. The van der Waals surface area contributed by atoms with Crippen molar-refractivity contribution in [3.63, 3.8) is 0 Å². The van der Waals surface area contributed by atoms with Crippen molar-refractivity contribution in [3.05, 3.63) is 30.0 Å². The van der Waals surface area contributed by atoms with E-state index in [1.54, 1.807) is 7.11 Å². The Balaban J connectivity index is 2.39. The predicted molar refractivity (Wildman–Crippen MR) is 73.2 cm³/mol. The minimum absolute atomic E-state index is 0.197. The third-order valence-electron chi connectivity index (χ3n) is 2.80. The van der Waals surface area contributed by atoms with Crippen LogP contribution in [0.25, 0.3) is 10.9 Å². The number of anilines is 1. The minimum Gasteiger partial charge on any atom is -0.497 e. The largest absolute Gasteiger partial charge is 0.497 e. The molecule has 1 aromatic heterocycles. The Morgan fingerprint density at radius 1 is 1.33 bits per heavy atom. The molecule has 0 aliphatic rings. The second-order valence-electron chi connectivity index (χ2n) is 4.20. The van der Waals surface area contributed by atoms with Gasteiger partial charge in [0, 0.05) is 36.0 Å². The lowest BCUT2D eigenvalue weighted by Crippen LogP contribution is -2.04. The van der Waals surface area contributed by atoms with Crippen molar-refractivity contribution >= 4 is 16.6 Å². The summed E-state index contributed by atoms with van der Waals surface area (Å²) in [4.78, 5) is 4.50. The van der Waals surface area contributed by atoms with E-state index < -0.39 is 0 Å². The van der Waals surface area contributed by atoms with Crippen LogP contribution < -0.4 is 10.1 Å². The Morgan fingerprint density at radius 2 is 2.17 bits per heavy atom. The first kappa shape index (κ1) is 12.6. The third-order valence-corrected chi connectivity index (χ3v) is 2.80. The van der Waals surface area contributed by atoms with Crippen LogP contribution in [0.2, 0.25) is 0 Å². The molecule has 2 N–H and O–H groups in total. The van der Waals surface area contributed by atoms with Gasteiger partial charge in [0.15, 0.2) is 0 Å². The van der Waals surface area contributed by atoms with Crippen molar-refractivity contribution in [1.29, 1.82) is 0 Å². The average Bonchev–Trinajstić information content (AvgIpc) is 2.38. The molecule has 0 aliphatic heterocycles. The molecule has 0 saturated carbocycles. The van der Waals surface area contributed by atoms with Crippen molar-refractivity contribution in [2.24, 2.45) is 0 Å². The minimum atomic E-state index is 0.197. The van der Waals surface area contributed by atoms with Crippen LogP contribution in [0.1, 0.15) is 12.1 Å². The lowest BCUT2D eigenvalue weighted by Gasteiger charge is -2.11. The van der Waals surface area contributed by atoms with Crippen molar-refractivity contribution < 1.29 is 9.84 Å². The molecule has 1 heterocycles. The van der Waals surface area contributed by atoms with E-state index >= 15 is 0 Å². The number of hydrogen-bond acceptors (Lipinski definition) is 4. The highest BCUT2D eigenvalue weighted by atomic mass is 16.5. The summed E-state index contributed by atoms with van der Waals surface area (Å²) in [6.07, 6.45) is 0.735. The second-order valence-corrected chi connectivity index (χ2v) is 4.20. The maximum atomic E-state index is 8.81. The number of fused-ring (bicyclic) bond motifs is 1. The number of pyridine rings is 1. The zero-order valence-electron chi connectivity index (χ0n) is 10.7. The fourth-order valence-electron chi connectivity index (χ4n) is 1.92. The lowest BCUT2D eigenvalue weighted by atomic mass is 10.1. The number of aryl methyl sites for hydroxylation is 1. The fraction of sp³-hybridized carbons (Fsp3) is 0.357. The van der Waals surface area contributed by atoms with E-state index in [4.69, 9.17) is 9.84 Å². The van der Waals surface area contributed by atoms with Crippen molar-refractivity contribution in [2.45, 2.75) is 13.3 Å². The first-order valence-corrected chi connectivity index (χ1v) is 6.04. The number of methoxy groups -OCH3 is 1. The molecule has 0 aliphatic carbocycles. The molecule has 0 atom stereocenters. The average molecular weight is 246 g/mol. The SMILES string of the molecule is COc1ccc2c(NCCCO)cc(C)nc2c1. The standard InChI is InChI=1S/C14H18N2O2/c1-10-8-13(15-6-3-7-17)12-5-4-11(18-2)9-14(12)16-10/h4-5,8-9,17H,3,6-7H2,1-2H3,(H,15,16). The summed E-state index contributed by atoms with van der Waals surface area (Å²) in [5.74, 6) is 0.807. The maximum absolute atomic E-state index is 8.81. The van der Waals surface area contributed by atoms with Crippen molar-refractivity contribution in [3.8, 4) is 5.75 Å². The molecule has 0 radical (unpaired) electrons. The number of benzene rings is 1. The van der Waals surface area contributed by atoms with Crippen LogP contribution in [0.5, 0.6) is 5.75 Å². The van der Waals surface area contributed by atoms with E-state index in [0.717, 1.165) is 41.0 Å². The number of aliphatic hydroxyl groups is 1. The van der Waals surface area contributed by atoms with Crippen LogP contribution in [0, 0.1) is 6.92 Å². The number of rotatable bonds is 5. The van der Waals surface area contributed by atoms with Gasteiger partial charge < -0.3 is 15.2 Å². The number of ether oxygens (including phenoxy) is 1. The summed E-state index contributed by atoms with van der Waals surface area (Å²) in [6, 6.07) is 7.88. The molecule has 4 nitrogen and oxygen atoms in total. The molecule has 96 valence electrons. The molecular formula is C14H18N2O2. The van der Waals surface area contributed by atoms with Gasteiger partial charge in [-0.3, -0.25) is 4.98 Å². The number of nitrogens with zero attached hydrogens (tertiary/aromatic N) is 1. The molecule has 0 bridgehead atoms. The van der Waals surface area contributed by atoms with Gasteiger partial charge in [0.2, 0.25) is 0 Å². The highest BCUT2D eigenvalue weighted by molar-refractivity contribution is 5.92. The van der Waals surface area contributed by atoms with Gasteiger partial charge in [-0.15, -0.1) is 0 Å². The summed E-state index contributed by atoms with van der Waals surface area (Å²) in [5.41, 5.74) is 2.93. The molecule has 0 amide bonds. The Hall–Kier alpha value is -1.81. The summed E-state index contributed by atoms with van der Waals surface area (Å²) < 4.78 is 5.21. The van der Waals surface area contributed by atoms with Crippen LogP contribution >= 0.6 is 0 Å². The molecule has 0 fully saturated rings. The van der Waals surface area contributed by atoms with Crippen LogP contribution in [0.4, 0.5) is 5.69 Å². The number of aliphatic hydroxyl groups excluding tert-OH is 1. The van der Waals surface area contributed by atoms with Gasteiger partial charge in [0.1, 0.15) is 5.75 Å². The predicted octanol–water partition coefficient (Wildman–Crippen LogP) is 2.35. The molecule has 1 aromatic carbocycles. The van der Waals surface area contributed by atoms with Gasteiger partial charge in [0.25, 0.3) is 0 Å². The van der Waals surface area contributed by atoms with E-state index in [-0.39, 0.29) is 6.61 Å². The Kier molecular flexibility index (Phi) is 3.99. The number of hydrogen-bond donors (Lipinski definition) is 2. The molecule has 2 aromatic rings. The normalized spacial score (nSPS) is 10.6. The first-order chi connectivity index (χ1) is 8.74. The molecule has 2 rings (SSSR count). The van der Waals surface area contributed by atoms with Gasteiger partial charge >= 0.3 is 0 Å². The van der Waals surface area contributed by atoms with Gasteiger partial charge in [-0.25, -0.2) is 0 Å². The molecule has 0 spiro atoms. The van der Waals surface area contributed by atoms with Crippen LogP contribution in [0.3, 0.4) is 0 Å². The molecule has 18 heavy (non-hydrogen) atoms. The monoisotopic (exact) mass is 246 g/mol. The van der Waals surface area contributed by atoms with E-state index in [1.807, 2.05) is 31.2 Å². The van der Waals surface area contributed by atoms with Gasteiger partial charge in [0.05, 0.1) is 12.6 Å². The van der Waals surface area contributed by atoms with E-state index in [1.165, 1.54) is 0 Å². The lowest BCUT2D eigenvalue weighted by molar-refractivity contribution is 0.292. The Labute approximate surface area is 107 Å². The Morgan fingerprint density at radius 3 is 2.89 bits per heavy atom. The quantitative estimate of drug-likeness (QED) is 0.795. The number of nitrogens with one attached hydrogen (secondary N) is 1. The fourth-order valence-corrected chi connectivity index (χ4v) is 1.92. The smallest absolute Gasteiger partial charge is 0.121 e. The van der Waals surface area contributed by atoms with Crippen molar-refractivity contribution in [1.82, 2.24) is 4.98 Å². The van der Waals surface area contributed by atoms with E-state index in [2.05, 4.69) is 10.3 Å². The van der Waals surface area contributed by atoms with E-state index in [0.29, 0.717) is 0 Å². The van der Waals surface area contributed by atoms with Crippen LogP contribution in [-0.4, -0.2) is 30.4 Å². The molecule has 0 saturated heterocycles. The first-order valence-electron chi connectivity index (χ1n) is 6.04. The highest BCUT2D eigenvalue weighted by Crippen LogP contribution is 2.26. The summed E-state index contributed by atoms with van der Waals surface area (Å²) >= 11 is 0. The molecular weight excluding hydrogens is 228 g/mol. The summed E-state index contributed by atoms with van der Waals surface area (Å²) in [6.45, 7) is 2.92. The van der Waals surface area contributed by atoms with Gasteiger partial charge in [-0.1, -0.05) is 0 Å². The Bertz CT molecular complexity index is 541. The zero-order chi connectivity index (χ0) is 13.0. The van der Waals surface area contributed by atoms with Crippen molar-refractivity contribution in [2.75, 3.05) is 25.6 Å². The van der Waals surface area contributed by atoms with Crippen LogP contribution in [0.15, 0.2) is 24.3 Å². The topological polar surface area (TPSA) is 54.4 Å².